The second kappa shape index (κ2) is 6.93. The van der Waals surface area contributed by atoms with Gasteiger partial charge in [0.15, 0.2) is 17.5 Å². The van der Waals surface area contributed by atoms with Gasteiger partial charge in [-0.3, -0.25) is 14.1 Å². The van der Waals surface area contributed by atoms with Gasteiger partial charge in [0.2, 0.25) is 5.95 Å². The van der Waals surface area contributed by atoms with Crippen molar-refractivity contribution in [1.29, 1.82) is 0 Å². The molecule has 6 heterocycles. The van der Waals surface area contributed by atoms with Crippen molar-refractivity contribution in [3.8, 4) is 23.2 Å². The van der Waals surface area contributed by atoms with Gasteiger partial charge < -0.3 is 4.90 Å². The molecule has 1 atom stereocenters. The van der Waals surface area contributed by atoms with E-state index in [1.165, 1.54) is 0 Å². The predicted octanol–water partition coefficient (Wildman–Crippen LogP) is 3.99. The summed E-state index contributed by atoms with van der Waals surface area (Å²) in [5.74, 6) is 4.07. The third-order valence-corrected chi connectivity index (χ3v) is 7.29. The highest BCUT2D eigenvalue weighted by Crippen LogP contribution is 2.49. The zero-order chi connectivity index (χ0) is 22.9. The summed E-state index contributed by atoms with van der Waals surface area (Å²) in [6.45, 7) is 5.15. The molecule has 9 heteroatoms. The van der Waals surface area contributed by atoms with Gasteiger partial charge >= 0.3 is 0 Å². The first-order chi connectivity index (χ1) is 16.7. The van der Waals surface area contributed by atoms with Crippen molar-refractivity contribution in [2.24, 2.45) is 0 Å². The van der Waals surface area contributed by atoms with Crippen LogP contribution in [0, 0.1) is 6.92 Å². The molecule has 1 fully saturated rings. The Morgan fingerprint density at radius 2 is 1.94 bits per heavy atom. The lowest BCUT2D eigenvalue weighted by Gasteiger charge is -2.42. The fourth-order valence-corrected chi connectivity index (χ4v) is 5.67. The van der Waals surface area contributed by atoms with Gasteiger partial charge in [0.25, 0.3) is 0 Å². The maximum Gasteiger partial charge on any atom is 0.237 e. The van der Waals surface area contributed by atoms with Gasteiger partial charge in [-0.15, -0.1) is 10.2 Å². The largest absolute Gasteiger partial charge is 0.342 e. The Labute approximate surface area is 196 Å². The first kappa shape index (κ1) is 19.3. The summed E-state index contributed by atoms with van der Waals surface area (Å²) in [4.78, 5) is 21.6. The molecule has 2 aliphatic heterocycles. The lowest BCUT2D eigenvalue weighted by Crippen LogP contribution is -2.47. The van der Waals surface area contributed by atoms with Crippen LogP contribution in [-0.4, -0.2) is 45.8 Å². The lowest BCUT2D eigenvalue weighted by atomic mass is 9.90. The van der Waals surface area contributed by atoms with Crippen molar-refractivity contribution in [3.05, 3.63) is 66.8 Å². The number of fused-ring (bicyclic) bond motifs is 7. The van der Waals surface area contributed by atoms with Crippen LogP contribution in [0.2, 0.25) is 0 Å². The number of aryl methyl sites for hydroxylation is 1. The molecular formula is C25H23N9. The number of pyridine rings is 1. The fourth-order valence-electron chi connectivity index (χ4n) is 5.67. The molecule has 0 radical (unpaired) electrons. The Morgan fingerprint density at radius 1 is 1.03 bits per heavy atom. The molecule has 7 rings (SSSR count). The highest BCUT2D eigenvalue weighted by molar-refractivity contribution is 5.93. The Balaban J connectivity index is 1.43. The molecule has 0 spiro atoms. The number of imidazole rings is 1. The second-order valence-corrected chi connectivity index (χ2v) is 8.93. The van der Waals surface area contributed by atoms with Gasteiger partial charge in [-0.2, -0.15) is 4.98 Å². The second-order valence-electron chi connectivity index (χ2n) is 8.93. The summed E-state index contributed by atoms with van der Waals surface area (Å²) in [5.41, 5.74) is 1.55. The highest BCUT2D eigenvalue weighted by Gasteiger charge is 2.50. The minimum Gasteiger partial charge on any atom is -0.342 e. The van der Waals surface area contributed by atoms with E-state index in [1.807, 2.05) is 48.3 Å². The van der Waals surface area contributed by atoms with E-state index in [9.17, 15) is 0 Å². The van der Waals surface area contributed by atoms with Crippen molar-refractivity contribution in [2.45, 2.75) is 38.6 Å². The SMILES string of the molecule is CC[C@@]12CCCN1c1nc(-n3ccnc3-c3nccc4ccccc34)ncc1-n1c(C)nnc12. The number of hydrogen-bond acceptors (Lipinski definition) is 7. The van der Waals surface area contributed by atoms with E-state index in [0.717, 1.165) is 71.3 Å². The van der Waals surface area contributed by atoms with Gasteiger partial charge in [-0.05, 0) is 37.6 Å². The molecule has 2 aliphatic rings. The summed E-state index contributed by atoms with van der Waals surface area (Å²) in [6, 6.07) is 10.2. The van der Waals surface area contributed by atoms with Gasteiger partial charge in [-0.1, -0.05) is 31.2 Å². The lowest BCUT2D eigenvalue weighted by molar-refractivity contribution is 0.381. The van der Waals surface area contributed by atoms with E-state index in [1.54, 1.807) is 6.20 Å². The van der Waals surface area contributed by atoms with E-state index in [-0.39, 0.29) is 5.54 Å². The molecule has 1 aromatic carbocycles. The molecule has 5 aromatic rings. The maximum absolute atomic E-state index is 5.11. The molecule has 4 aromatic heterocycles. The quantitative estimate of drug-likeness (QED) is 0.411. The maximum atomic E-state index is 5.11. The molecule has 9 nitrogen and oxygen atoms in total. The normalized spacial score (nSPS) is 18.7. The Kier molecular flexibility index (Phi) is 3.94. The van der Waals surface area contributed by atoms with E-state index in [2.05, 4.69) is 48.7 Å². The Bertz CT molecular complexity index is 1560. The van der Waals surface area contributed by atoms with Crippen LogP contribution in [0.25, 0.3) is 33.9 Å². The van der Waals surface area contributed by atoms with Crippen molar-refractivity contribution in [3.63, 3.8) is 0 Å². The third kappa shape index (κ3) is 2.43. The Hall–Kier alpha value is -4.14. The van der Waals surface area contributed by atoms with Crippen molar-refractivity contribution >= 4 is 16.6 Å². The molecule has 34 heavy (non-hydrogen) atoms. The van der Waals surface area contributed by atoms with Crippen LogP contribution in [0.1, 0.15) is 37.8 Å². The van der Waals surface area contributed by atoms with Crippen molar-refractivity contribution in [2.75, 3.05) is 11.4 Å². The smallest absolute Gasteiger partial charge is 0.237 e. The monoisotopic (exact) mass is 449 g/mol. The van der Waals surface area contributed by atoms with Crippen molar-refractivity contribution in [1.82, 2.24) is 39.3 Å². The number of rotatable bonds is 3. The number of aromatic nitrogens is 8. The van der Waals surface area contributed by atoms with Gasteiger partial charge in [-0.25, -0.2) is 9.97 Å². The predicted molar refractivity (Wildman–Crippen MR) is 128 cm³/mol. The molecule has 0 aliphatic carbocycles. The fraction of sp³-hybridized carbons (Fsp3) is 0.280. The van der Waals surface area contributed by atoms with Crippen LogP contribution in [0.5, 0.6) is 0 Å². The molecule has 168 valence electrons. The summed E-state index contributed by atoms with van der Waals surface area (Å²) >= 11 is 0. The third-order valence-electron chi connectivity index (χ3n) is 7.29. The number of anilines is 1. The molecule has 0 amide bonds. The molecular weight excluding hydrogens is 426 g/mol. The summed E-state index contributed by atoms with van der Waals surface area (Å²) in [7, 11) is 0. The van der Waals surface area contributed by atoms with Crippen molar-refractivity contribution < 1.29 is 0 Å². The minimum absolute atomic E-state index is 0.186. The zero-order valence-electron chi connectivity index (χ0n) is 19.0. The van der Waals surface area contributed by atoms with Crippen LogP contribution in [-0.2, 0) is 5.54 Å². The first-order valence-electron chi connectivity index (χ1n) is 11.7. The van der Waals surface area contributed by atoms with Gasteiger partial charge in [0.05, 0.1) is 6.20 Å². The average Bonchev–Trinajstić information content (AvgIpc) is 3.62. The Morgan fingerprint density at radius 3 is 2.85 bits per heavy atom. The van der Waals surface area contributed by atoms with Crippen LogP contribution < -0.4 is 4.90 Å². The molecule has 1 saturated heterocycles. The molecule has 0 unspecified atom stereocenters. The van der Waals surface area contributed by atoms with E-state index >= 15 is 0 Å². The van der Waals surface area contributed by atoms with Crippen LogP contribution >= 0.6 is 0 Å². The standard InChI is InChI=1S/C25H23N9/c1-3-25-10-6-13-33(25)21-19(34-16(2)30-31-23(25)34)15-28-24(29-21)32-14-12-27-22(32)20-18-8-5-4-7-17(18)9-11-26-20/h4-5,7-9,11-12,14-15H,3,6,10,13H2,1-2H3/t25-/m0/s1. The van der Waals surface area contributed by atoms with Gasteiger partial charge in [0, 0.05) is 30.5 Å². The summed E-state index contributed by atoms with van der Waals surface area (Å²) in [5, 5.41) is 11.2. The average molecular weight is 450 g/mol. The van der Waals surface area contributed by atoms with Gasteiger partial charge in [0.1, 0.15) is 22.7 Å². The number of hydrogen-bond donors (Lipinski definition) is 0. The van der Waals surface area contributed by atoms with Crippen LogP contribution in [0.15, 0.2) is 55.1 Å². The van der Waals surface area contributed by atoms with E-state index < -0.39 is 0 Å². The first-order valence-corrected chi connectivity index (χ1v) is 11.7. The molecule has 0 N–H and O–H groups in total. The van der Waals surface area contributed by atoms with Crippen LogP contribution in [0.3, 0.4) is 0 Å². The molecule has 0 saturated carbocycles. The molecule has 0 bridgehead atoms. The van der Waals surface area contributed by atoms with Crippen LogP contribution in [0.4, 0.5) is 5.82 Å². The summed E-state index contributed by atoms with van der Waals surface area (Å²) in [6.07, 6.45) is 10.5. The van der Waals surface area contributed by atoms with E-state index in [0.29, 0.717) is 5.95 Å². The summed E-state index contributed by atoms with van der Waals surface area (Å²) < 4.78 is 4.05. The van der Waals surface area contributed by atoms with E-state index in [4.69, 9.17) is 9.97 Å². The highest BCUT2D eigenvalue weighted by atomic mass is 15.4. The number of benzene rings is 1. The topological polar surface area (TPSA) is 90.4 Å². The zero-order valence-corrected chi connectivity index (χ0v) is 19.0. The minimum atomic E-state index is -0.186. The number of nitrogens with zero attached hydrogens (tertiary/aromatic N) is 9.